The highest BCUT2D eigenvalue weighted by atomic mass is 19.3. The van der Waals surface area contributed by atoms with Gasteiger partial charge in [0.05, 0.1) is 31.8 Å². The second-order valence-corrected chi connectivity index (χ2v) is 6.37. The number of benzene rings is 2. The Hall–Kier alpha value is -2.08. The minimum absolute atomic E-state index is 0.0129. The third kappa shape index (κ3) is 4.55. The summed E-state index contributed by atoms with van der Waals surface area (Å²) in [7, 11) is 0. The van der Waals surface area contributed by atoms with Crippen molar-refractivity contribution in [1.29, 1.82) is 0 Å². The molecular weight excluding hydrogens is 338 g/mol. The predicted molar refractivity (Wildman–Crippen MR) is 94.7 cm³/mol. The molecule has 0 saturated carbocycles. The molecule has 0 heterocycles. The van der Waals surface area contributed by atoms with Crippen molar-refractivity contribution in [2.24, 2.45) is 5.92 Å². The second kappa shape index (κ2) is 8.54. The van der Waals surface area contributed by atoms with E-state index in [1.807, 2.05) is 60.7 Å². The molecular formula is C21H22F2O3. The zero-order chi connectivity index (χ0) is 18.4. The lowest BCUT2D eigenvalue weighted by Crippen LogP contribution is -2.43. The third-order valence-electron chi connectivity index (χ3n) is 4.44. The topological polar surface area (TPSA) is 38.7 Å². The highest BCUT2D eigenvalue weighted by molar-refractivity contribution is 5.16. The van der Waals surface area contributed by atoms with E-state index in [4.69, 9.17) is 9.47 Å². The zero-order valence-electron chi connectivity index (χ0n) is 14.3. The Morgan fingerprint density at radius 2 is 1.46 bits per heavy atom. The molecule has 0 radical (unpaired) electrons. The summed E-state index contributed by atoms with van der Waals surface area (Å²) in [6, 6.07) is 18.9. The molecule has 2 aromatic carbocycles. The van der Waals surface area contributed by atoms with Gasteiger partial charge in [-0.05, 0) is 11.1 Å². The minimum Gasteiger partial charge on any atom is -0.383 e. The number of halogens is 2. The van der Waals surface area contributed by atoms with Gasteiger partial charge in [0.15, 0.2) is 0 Å². The van der Waals surface area contributed by atoms with E-state index < -0.39 is 24.0 Å². The normalized spacial score (nSPS) is 22.4. The smallest absolute Gasteiger partial charge is 0.285 e. The monoisotopic (exact) mass is 360 g/mol. The largest absolute Gasteiger partial charge is 0.383 e. The summed E-state index contributed by atoms with van der Waals surface area (Å²) in [4.78, 5) is 0. The van der Waals surface area contributed by atoms with Crippen molar-refractivity contribution in [3.8, 4) is 0 Å². The highest BCUT2D eigenvalue weighted by Crippen LogP contribution is 2.39. The maximum absolute atomic E-state index is 14.3. The summed E-state index contributed by atoms with van der Waals surface area (Å²) < 4.78 is 40.0. The molecule has 0 fully saturated rings. The Labute approximate surface area is 151 Å². The van der Waals surface area contributed by atoms with Crippen LogP contribution in [0.25, 0.3) is 0 Å². The number of hydrogen-bond acceptors (Lipinski definition) is 3. The molecule has 0 aliphatic heterocycles. The lowest BCUT2D eigenvalue weighted by atomic mass is 9.97. The van der Waals surface area contributed by atoms with Gasteiger partial charge in [0.1, 0.15) is 6.10 Å². The first-order valence-corrected chi connectivity index (χ1v) is 8.59. The van der Waals surface area contributed by atoms with Crippen LogP contribution in [0.1, 0.15) is 11.1 Å². The van der Waals surface area contributed by atoms with Crippen LogP contribution in [0, 0.1) is 5.92 Å². The average molecular weight is 360 g/mol. The van der Waals surface area contributed by atoms with Crippen LogP contribution in [0.2, 0.25) is 0 Å². The predicted octanol–water partition coefficient (Wildman–Crippen LogP) is 3.97. The van der Waals surface area contributed by atoms with Gasteiger partial charge in [-0.2, -0.15) is 0 Å². The van der Waals surface area contributed by atoms with Crippen LogP contribution < -0.4 is 0 Å². The van der Waals surface area contributed by atoms with E-state index in [1.165, 1.54) is 6.08 Å². The van der Waals surface area contributed by atoms with Gasteiger partial charge < -0.3 is 14.6 Å². The van der Waals surface area contributed by atoms with Gasteiger partial charge >= 0.3 is 0 Å². The standard InChI is InChI=1S/C21H22F2O3/c22-21(23)18(11-12-20(21)24)19(26-14-17-9-5-2-6-10-17)15-25-13-16-7-3-1-4-8-16/h1-12,18-20,24H,13-15H2/t18-,19-,20+/m1/s1. The molecule has 138 valence electrons. The zero-order valence-corrected chi connectivity index (χ0v) is 14.3. The molecule has 3 rings (SSSR count). The fourth-order valence-corrected chi connectivity index (χ4v) is 2.95. The molecule has 5 heteroatoms. The van der Waals surface area contributed by atoms with Gasteiger partial charge in [-0.1, -0.05) is 72.8 Å². The van der Waals surface area contributed by atoms with Crippen molar-refractivity contribution in [2.45, 2.75) is 31.3 Å². The summed E-state index contributed by atoms with van der Waals surface area (Å²) in [5.74, 6) is -4.49. The van der Waals surface area contributed by atoms with Gasteiger partial charge in [-0.3, -0.25) is 0 Å². The van der Waals surface area contributed by atoms with Crippen LogP contribution in [0.5, 0.6) is 0 Å². The molecule has 3 atom stereocenters. The molecule has 0 spiro atoms. The highest BCUT2D eigenvalue weighted by Gasteiger charge is 2.51. The van der Waals surface area contributed by atoms with Crippen LogP contribution in [0.3, 0.4) is 0 Å². The van der Waals surface area contributed by atoms with Crippen LogP contribution in [0.15, 0.2) is 72.8 Å². The van der Waals surface area contributed by atoms with Crippen molar-refractivity contribution in [1.82, 2.24) is 0 Å². The van der Waals surface area contributed by atoms with Crippen molar-refractivity contribution < 1.29 is 23.4 Å². The SMILES string of the molecule is O[C@H]1C=C[C@H]([C@@H](COCc2ccccc2)OCc2ccccc2)C1(F)F. The van der Waals surface area contributed by atoms with Crippen LogP contribution in [-0.2, 0) is 22.7 Å². The van der Waals surface area contributed by atoms with E-state index in [0.717, 1.165) is 17.2 Å². The summed E-state index contributed by atoms with van der Waals surface area (Å²) in [5, 5.41) is 9.53. The summed E-state index contributed by atoms with van der Waals surface area (Å²) in [5.41, 5.74) is 1.86. The van der Waals surface area contributed by atoms with E-state index in [9.17, 15) is 13.9 Å². The quantitative estimate of drug-likeness (QED) is 0.724. The second-order valence-electron chi connectivity index (χ2n) is 6.37. The molecule has 1 aliphatic carbocycles. The molecule has 1 N–H and O–H groups in total. The number of hydrogen-bond donors (Lipinski definition) is 1. The number of aliphatic hydroxyl groups excluding tert-OH is 1. The van der Waals surface area contributed by atoms with Crippen molar-refractivity contribution in [2.75, 3.05) is 6.61 Å². The number of alkyl halides is 2. The molecule has 2 aromatic rings. The molecule has 0 aromatic heterocycles. The number of rotatable bonds is 8. The van der Waals surface area contributed by atoms with E-state index >= 15 is 0 Å². The fraction of sp³-hybridized carbons (Fsp3) is 0.333. The van der Waals surface area contributed by atoms with Crippen LogP contribution in [0.4, 0.5) is 8.78 Å². The van der Waals surface area contributed by atoms with Crippen LogP contribution in [-0.4, -0.2) is 29.8 Å². The Kier molecular flexibility index (Phi) is 6.14. The van der Waals surface area contributed by atoms with Gasteiger partial charge in [0, 0.05) is 0 Å². The summed E-state index contributed by atoms with van der Waals surface area (Å²) >= 11 is 0. The molecule has 0 amide bonds. The first kappa shape index (κ1) is 18.7. The van der Waals surface area contributed by atoms with Gasteiger partial charge in [-0.25, -0.2) is 8.78 Å². The van der Waals surface area contributed by atoms with E-state index in [0.29, 0.717) is 6.61 Å². The van der Waals surface area contributed by atoms with E-state index in [1.54, 1.807) is 0 Å². The molecule has 26 heavy (non-hydrogen) atoms. The molecule has 0 saturated heterocycles. The molecule has 1 aliphatic rings. The van der Waals surface area contributed by atoms with E-state index in [2.05, 4.69) is 0 Å². The summed E-state index contributed by atoms with van der Waals surface area (Å²) in [6.45, 7) is 0.534. The summed E-state index contributed by atoms with van der Waals surface area (Å²) in [6.07, 6.45) is -0.195. The Morgan fingerprint density at radius 3 is 2.00 bits per heavy atom. The lowest BCUT2D eigenvalue weighted by Gasteiger charge is -2.29. The maximum Gasteiger partial charge on any atom is 0.285 e. The minimum atomic E-state index is -3.27. The number of aliphatic hydroxyl groups is 1. The Bertz CT molecular complexity index is 704. The first-order chi connectivity index (χ1) is 12.6. The Balaban J connectivity index is 1.64. The fourth-order valence-electron chi connectivity index (χ4n) is 2.95. The van der Waals surface area contributed by atoms with Gasteiger partial charge in [-0.15, -0.1) is 0 Å². The molecule has 0 bridgehead atoms. The third-order valence-corrected chi connectivity index (χ3v) is 4.44. The molecule has 3 nitrogen and oxygen atoms in total. The Morgan fingerprint density at radius 1 is 0.885 bits per heavy atom. The lowest BCUT2D eigenvalue weighted by molar-refractivity contribution is -0.157. The average Bonchev–Trinajstić information content (AvgIpc) is 2.93. The van der Waals surface area contributed by atoms with Crippen LogP contribution >= 0.6 is 0 Å². The van der Waals surface area contributed by atoms with Gasteiger partial charge in [0.25, 0.3) is 5.92 Å². The number of ether oxygens (including phenoxy) is 2. The van der Waals surface area contributed by atoms with Crippen molar-refractivity contribution >= 4 is 0 Å². The molecule has 0 unspecified atom stereocenters. The van der Waals surface area contributed by atoms with Crippen molar-refractivity contribution in [3.63, 3.8) is 0 Å². The maximum atomic E-state index is 14.3. The van der Waals surface area contributed by atoms with Crippen molar-refractivity contribution in [3.05, 3.63) is 83.9 Å². The van der Waals surface area contributed by atoms with E-state index in [-0.39, 0.29) is 13.2 Å². The first-order valence-electron chi connectivity index (χ1n) is 8.59. The van der Waals surface area contributed by atoms with Gasteiger partial charge in [0.2, 0.25) is 0 Å².